The van der Waals surface area contributed by atoms with Crippen molar-refractivity contribution in [1.82, 2.24) is 0 Å². The van der Waals surface area contributed by atoms with Crippen LogP contribution in [0.25, 0.3) is 0 Å². The number of likely N-dealkylation sites (N-methyl/N-ethyl adjacent to an activating group) is 1. The van der Waals surface area contributed by atoms with Gasteiger partial charge in [-0.05, 0) is 122 Å². The molecule has 1 N–H and O–H groups in total. The van der Waals surface area contributed by atoms with E-state index in [1.54, 1.807) is 0 Å². The molecule has 0 aliphatic heterocycles. The first-order valence-electron chi connectivity index (χ1n) is 43.6. The molecule has 2 atom stereocenters. The topological polar surface area (TPSA) is 108 Å². The molecule has 0 heterocycles. The lowest BCUT2D eigenvalue weighted by molar-refractivity contribution is -0.870. The van der Waals surface area contributed by atoms with Gasteiger partial charge < -0.3 is 28.5 Å². The Balaban J connectivity index is 3.99. The highest BCUT2D eigenvalue weighted by Crippen LogP contribution is 2.19. The van der Waals surface area contributed by atoms with Gasteiger partial charge in [-0.25, -0.2) is 4.79 Å². The van der Waals surface area contributed by atoms with Crippen molar-refractivity contribution in [1.29, 1.82) is 0 Å². The number of esters is 2. The van der Waals surface area contributed by atoms with E-state index in [0.717, 1.165) is 122 Å². The highest BCUT2D eigenvalue weighted by Gasteiger charge is 2.25. The lowest BCUT2D eigenvalue weighted by atomic mass is 10.0. The normalized spacial score (nSPS) is 13.4. The Hall–Kier alpha value is -5.09. The van der Waals surface area contributed by atoms with Gasteiger partial charge >= 0.3 is 17.9 Å². The fourth-order valence-corrected chi connectivity index (χ4v) is 12.2. The number of nitrogens with zero attached hydrogens (tertiary/aromatic N) is 1. The molecule has 105 heavy (non-hydrogen) atoms. The van der Waals surface area contributed by atoms with Gasteiger partial charge in [0.1, 0.15) is 13.2 Å². The minimum atomic E-state index is -1.52. The third-order valence-electron chi connectivity index (χ3n) is 18.8. The van der Waals surface area contributed by atoms with E-state index in [2.05, 4.69) is 172 Å². The van der Waals surface area contributed by atoms with E-state index in [1.165, 1.54) is 218 Å². The average molecular weight is 1460 g/mol. The molecule has 0 rings (SSSR count). The number of ether oxygens (including phenoxy) is 4. The van der Waals surface area contributed by atoms with E-state index >= 15 is 0 Å². The van der Waals surface area contributed by atoms with E-state index in [1.807, 2.05) is 21.1 Å². The zero-order valence-electron chi connectivity index (χ0n) is 68.8. The van der Waals surface area contributed by atoms with Gasteiger partial charge in [0.15, 0.2) is 6.10 Å². The Labute approximate surface area is 648 Å². The Bertz CT molecular complexity index is 2300. The molecular weight excluding hydrogens is 1300 g/mol. The van der Waals surface area contributed by atoms with Crippen LogP contribution in [0.2, 0.25) is 0 Å². The second-order valence-electron chi connectivity index (χ2n) is 30.1. The number of carbonyl (C=O) groups excluding carboxylic acids is 2. The van der Waals surface area contributed by atoms with Crippen molar-refractivity contribution in [3.63, 3.8) is 0 Å². The van der Waals surface area contributed by atoms with Crippen LogP contribution in [-0.4, -0.2) is 87.4 Å². The third kappa shape index (κ3) is 86.0. The molecule has 0 amide bonds. The number of hydrogen-bond acceptors (Lipinski definition) is 7. The second kappa shape index (κ2) is 84.5. The van der Waals surface area contributed by atoms with Crippen LogP contribution in [0.5, 0.6) is 0 Å². The van der Waals surface area contributed by atoms with Crippen molar-refractivity contribution in [2.45, 2.75) is 386 Å². The monoisotopic (exact) mass is 1460 g/mol. The summed E-state index contributed by atoms with van der Waals surface area (Å²) in [5, 5.41) is 9.79. The summed E-state index contributed by atoms with van der Waals surface area (Å²) in [6.07, 6.45) is 123. The van der Waals surface area contributed by atoms with E-state index in [0.29, 0.717) is 23.9 Å². The van der Waals surface area contributed by atoms with Crippen molar-refractivity contribution >= 4 is 17.9 Å². The van der Waals surface area contributed by atoms with E-state index in [-0.39, 0.29) is 32.2 Å². The Morgan fingerprint density at radius 1 is 0.286 bits per heavy atom. The van der Waals surface area contributed by atoms with Gasteiger partial charge in [0, 0.05) is 12.8 Å². The van der Waals surface area contributed by atoms with Crippen LogP contribution < -0.4 is 0 Å². The molecule has 600 valence electrons. The molecule has 9 nitrogen and oxygen atoms in total. The summed E-state index contributed by atoms with van der Waals surface area (Å²) in [4.78, 5) is 37.8. The number of aliphatic carboxylic acids is 1. The lowest BCUT2D eigenvalue weighted by Gasteiger charge is -2.25. The largest absolute Gasteiger partial charge is 0.477 e. The van der Waals surface area contributed by atoms with Crippen LogP contribution in [-0.2, 0) is 33.3 Å². The summed E-state index contributed by atoms with van der Waals surface area (Å²) >= 11 is 0. The van der Waals surface area contributed by atoms with Crippen LogP contribution in [0.1, 0.15) is 373 Å². The van der Waals surface area contributed by atoms with Crippen LogP contribution in [0, 0.1) is 0 Å². The van der Waals surface area contributed by atoms with Gasteiger partial charge in [-0.2, -0.15) is 0 Å². The van der Waals surface area contributed by atoms with Gasteiger partial charge in [-0.3, -0.25) is 9.59 Å². The first-order valence-corrected chi connectivity index (χ1v) is 43.6. The average Bonchev–Trinajstić information content (AvgIpc) is 1.18. The summed E-state index contributed by atoms with van der Waals surface area (Å²) in [5.74, 6) is -1.99. The van der Waals surface area contributed by atoms with Crippen molar-refractivity contribution in [3.8, 4) is 0 Å². The molecule has 0 aromatic heterocycles. The van der Waals surface area contributed by atoms with E-state index < -0.39 is 24.3 Å². The van der Waals surface area contributed by atoms with Crippen LogP contribution in [0.15, 0.2) is 158 Å². The third-order valence-corrected chi connectivity index (χ3v) is 18.8. The molecule has 0 spiro atoms. The van der Waals surface area contributed by atoms with Crippen LogP contribution in [0.3, 0.4) is 0 Å². The first-order chi connectivity index (χ1) is 51.6. The van der Waals surface area contributed by atoms with E-state index in [9.17, 15) is 19.5 Å². The zero-order valence-corrected chi connectivity index (χ0v) is 68.8. The number of carboxylic acids is 1. The summed E-state index contributed by atoms with van der Waals surface area (Å²) < 4.78 is 23.1. The zero-order chi connectivity index (χ0) is 76.0. The second-order valence-corrected chi connectivity index (χ2v) is 30.1. The molecule has 0 bridgehead atoms. The van der Waals surface area contributed by atoms with Gasteiger partial charge in [-0.15, -0.1) is 0 Å². The Morgan fingerprint density at radius 2 is 0.514 bits per heavy atom. The first kappa shape index (κ1) is 99.9. The summed E-state index contributed by atoms with van der Waals surface area (Å²) in [6.45, 7) is 4.68. The molecule has 0 fully saturated rings. The van der Waals surface area contributed by atoms with Crippen molar-refractivity contribution < 1.29 is 42.9 Å². The van der Waals surface area contributed by atoms with E-state index in [4.69, 9.17) is 18.9 Å². The molecule has 0 aromatic rings. The number of rotatable bonds is 80. The highest BCUT2D eigenvalue weighted by atomic mass is 16.7. The predicted molar refractivity (Wildman–Crippen MR) is 456 cm³/mol. The number of hydrogen-bond donors (Lipinski definition) is 1. The number of carbonyl (C=O) groups is 3. The number of carboxylic acid groups (broad SMARTS) is 1. The summed E-state index contributed by atoms with van der Waals surface area (Å²) in [6, 6.07) is 0. The molecule has 0 saturated carbocycles. The maximum absolute atomic E-state index is 13.0. The molecule has 9 heteroatoms. The fraction of sp³-hybridized carbons (Fsp3) is 0.698. The van der Waals surface area contributed by atoms with Gasteiger partial charge in [0.2, 0.25) is 0 Å². The van der Waals surface area contributed by atoms with Gasteiger partial charge in [0.05, 0.1) is 34.4 Å². The Morgan fingerprint density at radius 3 is 0.762 bits per heavy atom. The quantitative estimate of drug-likeness (QED) is 0.0211. The SMILES string of the molecule is CC/C=C\C/C=C\C/C=C\C/C=C\C/C=C\C/C=C\C/C=C\C/C=C\C/C=C\CCCCCCCCCCCCCCCC(=O)OC(COC(=O)CCCCCCCCCCCCCCCCCCCCCCCCCCCC/C=C\C/C=C\C/C=C\C/C=C\CC)COC(OCC[N+](C)(C)C)C(=O)O. The molecule has 0 aromatic carbocycles. The molecule has 0 radical (unpaired) electrons. The highest BCUT2D eigenvalue weighted by molar-refractivity contribution is 5.71. The summed E-state index contributed by atoms with van der Waals surface area (Å²) in [7, 11) is 5.99. The minimum Gasteiger partial charge on any atom is -0.477 e. The number of quaternary nitrogens is 1. The molecule has 0 saturated heterocycles. The molecule has 0 aliphatic carbocycles. The van der Waals surface area contributed by atoms with Crippen molar-refractivity contribution in [2.24, 2.45) is 0 Å². The predicted octanol–water partition coefficient (Wildman–Crippen LogP) is 28.7. The number of allylic oxidation sites excluding steroid dienone is 26. The van der Waals surface area contributed by atoms with Gasteiger partial charge in [0.25, 0.3) is 6.29 Å². The smallest absolute Gasteiger partial charge is 0.361 e. The molecular formula is C96H164NO8+. The van der Waals surface area contributed by atoms with Crippen molar-refractivity contribution in [3.05, 3.63) is 158 Å². The van der Waals surface area contributed by atoms with Crippen molar-refractivity contribution in [2.75, 3.05) is 47.5 Å². The molecule has 0 aliphatic rings. The van der Waals surface area contributed by atoms with Crippen LogP contribution in [0.4, 0.5) is 0 Å². The van der Waals surface area contributed by atoms with Gasteiger partial charge in [-0.1, -0.05) is 397 Å². The standard InChI is InChI=1S/C96H163NO8/c1-6-8-10-12-14-16-18-20-22-24-26-28-30-32-34-36-38-40-42-44-46-47-49-51-53-55-57-59-61-63-65-67-69-71-73-75-77-79-81-83-85-87-94(99)105-92(91-104-96(95(100)101)102-89-88-97(3,4)5)90-103-93(98)86-84-82-80-78-76-74-72-70-68-66-64-62-60-58-56-54-52-50-48-45-43-41-39-37-35-33-31-29-27-25-23-21-19-17-15-13-11-9-7-2/h8-11,14-17,20-23,26-29,32,34,38,40,44,46,49,51,55,57,92,96H,6-7,12-13,18-19,24-25,30-31,33,35-37,39,41-43,45,47-48,50,52-54,56,58-91H2,1-5H3/p+1/b10-8-,11-9-,16-14-,17-15-,22-20-,23-21-,28-26-,29-27-,34-32-,40-38-,46-44-,51-49-,57-55-. The van der Waals surface area contributed by atoms with Crippen LogP contribution >= 0.6 is 0 Å². The fourth-order valence-electron chi connectivity index (χ4n) is 12.2. The number of unbranched alkanes of at least 4 members (excludes halogenated alkanes) is 39. The Kier molecular flexibility index (Phi) is 80.4. The molecule has 2 unspecified atom stereocenters. The lowest BCUT2D eigenvalue weighted by Crippen LogP contribution is -2.40. The maximum Gasteiger partial charge on any atom is 0.361 e. The minimum absolute atomic E-state index is 0.184. The summed E-state index contributed by atoms with van der Waals surface area (Å²) in [5.41, 5.74) is 0. The maximum atomic E-state index is 13.0.